The highest BCUT2D eigenvalue weighted by Gasteiger charge is 2.68. The number of hydrogen-bond donors (Lipinski definition) is 1. The van der Waals surface area contributed by atoms with Crippen LogP contribution in [0.1, 0.15) is 38.5 Å². The molecule has 8 rings (SSSR count). The summed E-state index contributed by atoms with van der Waals surface area (Å²) in [6, 6.07) is 31.7. The predicted octanol–water partition coefficient (Wildman–Crippen LogP) is 4.66. The third-order valence-corrected chi connectivity index (χ3v) is 8.48. The Balaban J connectivity index is 1.37. The molecule has 1 heterocycles. The lowest BCUT2D eigenvalue weighted by molar-refractivity contribution is -0.122. The Bertz CT molecular complexity index is 1650. The molecule has 3 aliphatic carbocycles. The topological polar surface area (TPSA) is 88.1 Å². The molecule has 7 nitrogen and oxygen atoms in total. The van der Waals surface area contributed by atoms with Crippen LogP contribution in [-0.4, -0.2) is 31.0 Å². The molecule has 4 aromatic rings. The van der Waals surface area contributed by atoms with Gasteiger partial charge in [-0.1, -0.05) is 66.7 Å². The summed E-state index contributed by atoms with van der Waals surface area (Å²) in [4.78, 5) is 42.7. The second-order valence-corrected chi connectivity index (χ2v) is 10.3. The number of hydrogen-bond acceptors (Lipinski definition) is 5. The van der Waals surface area contributed by atoms with Crippen LogP contribution < -0.4 is 15.1 Å². The van der Waals surface area contributed by atoms with Crippen molar-refractivity contribution in [2.24, 2.45) is 16.9 Å². The Hall–Kier alpha value is -5.04. The highest BCUT2D eigenvalue weighted by Crippen LogP contribution is 2.63. The van der Waals surface area contributed by atoms with Crippen LogP contribution in [0, 0.1) is 11.8 Å². The van der Waals surface area contributed by atoms with Crippen LogP contribution in [0.15, 0.2) is 108 Å². The van der Waals surface area contributed by atoms with E-state index >= 15 is 0 Å². The van der Waals surface area contributed by atoms with Gasteiger partial charge in [-0.3, -0.25) is 14.4 Å². The number of benzene rings is 4. The van der Waals surface area contributed by atoms with Crippen molar-refractivity contribution in [3.63, 3.8) is 0 Å². The maximum Gasteiger partial charge on any atom is 0.271 e. The van der Waals surface area contributed by atoms with Crippen LogP contribution in [-0.2, 0) is 15.0 Å². The van der Waals surface area contributed by atoms with Gasteiger partial charge >= 0.3 is 0 Å². The van der Waals surface area contributed by atoms with E-state index in [0.29, 0.717) is 17.0 Å². The van der Waals surface area contributed by atoms with Crippen LogP contribution >= 0.6 is 0 Å². The summed E-state index contributed by atoms with van der Waals surface area (Å²) in [6.07, 6.45) is 1.67. The van der Waals surface area contributed by atoms with E-state index in [0.717, 1.165) is 22.3 Å². The first-order valence-corrected chi connectivity index (χ1v) is 13.2. The molecular weight excluding hydrogens is 502 g/mol. The number of nitrogens with one attached hydrogen (secondary N) is 1. The van der Waals surface area contributed by atoms with E-state index in [1.165, 1.54) is 4.90 Å². The molecule has 40 heavy (non-hydrogen) atoms. The Morgan fingerprint density at radius 2 is 1.43 bits per heavy atom. The van der Waals surface area contributed by atoms with Gasteiger partial charge in [0.25, 0.3) is 5.91 Å². The van der Waals surface area contributed by atoms with Crippen molar-refractivity contribution in [1.82, 2.24) is 5.43 Å². The first-order chi connectivity index (χ1) is 19.6. The molecule has 1 saturated heterocycles. The van der Waals surface area contributed by atoms with Crippen molar-refractivity contribution in [3.05, 3.63) is 131 Å². The molecule has 1 aliphatic heterocycles. The average molecular weight is 528 g/mol. The molecule has 7 heteroatoms. The van der Waals surface area contributed by atoms with Crippen LogP contribution in [0.25, 0.3) is 0 Å². The minimum Gasteiger partial charge on any atom is -0.497 e. The SMILES string of the molecule is COc1ccc(C(=O)N/N=C\C23c4ccccc4C(c4ccccc42)[C@@H]2C(=O)N(c4ccccc4)C(=O)[C@H]23)cc1. The number of ether oxygens (including phenoxy) is 1. The lowest BCUT2D eigenvalue weighted by Crippen LogP contribution is -2.54. The van der Waals surface area contributed by atoms with E-state index in [1.54, 1.807) is 49.7 Å². The zero-order valence-corrected chi connectivity index (χ0v) is 21.7. The number of nitrogens with zero attached hydrogens (tertiary/aromatic N) is 2. The van der Waals surface area contributed by atoms with Crippen molar-refractivity contribution in [3.8, 4) is 5.75 Å². The number of carbonyl (C=O) groups excluding carboxylic acids is 3. The van der Waals surface area contributed by atoms with Gasteiger partial charge in [0.2, 0.25) is 11.8 Å². The third kappa shape index (κ3) is 3.24. The second kappa shape index (κ2) is 9.02. The van der Waals surface area contributed by atoms with Crippen molar-refractivity contribution in [2.75, 3.05) is 12.0 Å². The third-order valence-electron chi connectivity index (χ3n) is 8.48. The summed E-state index contributed by atoms with van der Waals surface area (Å²) in [6.45, 7) is 0. The highest BCUT2D eigenvalue weighted by atomic mass is 16.5. The lowest BCUT2D eigenvalue weighted by atomic mass is 9.47. The maximum absolute atomic E-state index is 14.3. The molecule has 0 unspecified atom stereocenters. The Morgan fingerprint density at radius 3 is 2.05 bits per heavy atom. The van der Waals surface area contributed by atoms with E-state index in [-0.39, 0.29) is 17.7 Å². The van der Waals surface area contributed by atoms with Gasteiger partial charge in [-0.05, 0) is 58.7 Å². The summed E-state index contributed by atoms with van der Waals surface area (Å²) >= 11 is 0. The maximum atomic E-state index is 14.3. The minimum absolute atomic E-state index is 0.213. The van der Waals surface area contributed by atoms with Gasteiger partial charge in [-0.25, -0.2) is 10.3 Å². The predicted molar refractivity (Wildman–Crippen MR) is 150 cm³/mol. The molecule has 4 aromatic carbocycles. The molecule has 0 saturated carbocycles. The van der Waals surface area contributed by atoms with Crippen molar-refractivity contribution < 1.29 is 19.1 Å². The molecule has 0 spiro atoms. The molecular formula is C33H25N3O4. The number of carbonyl (C=O) groups is 3. The van der Waals surface area contributed by atoms with E-state index in [2.05, 4.69) is 10.5 Å². The number of methoxy groups -OCH3 is 1. The Labute approximate surface area is 231 Å². The smallest absolute Gasteiger partial charge is 0.271 e. The average Bonchev–Trinajstić information content (AvgIpc) is 3.28. The van der Waals surface area contributed by atoms with E-state index in [9.17, 15) is 14.4 Å². The van der Waals surface area contributed by atoms with Gasteiger partial charge in [0.05, 0.1) is 30.0 Å². The molecule has 4 aliphatic rings. The molecule has 0 aromatic heterocycles. The molecule has 1 fully saturated rings. The second-order valence-electron chi connectivity index (χ2n) is 10.3. The largest absolute Gasteiger partial charge is 0.497 e. The number of rotatable bonds is 5. The summed E-state index contributed by atoms with van der Waals surface area (Å²) in [5.41, 5.74) is 6.45. The van der Waals surface area contributed by atoms with Crippen molar-refractivity contribution >= 4 is 29.6 Å². The monoisotopic (exact) mass is 527 g/mol. The zero-order valence-electron chi connectivity index (χ0n) is 21.7. The summed E-state index contributed by atoms with van der Waals surface area (Å²) in [5, 5.41) is 4.46. The van der Waals surface area contributed by atoms with Crippen molar-refractivity contribution in [1.29, 1.82) is 0 Å². The van der Waals surface area contributed by atoms with Crippen LogP contribution in [0.2, 0.25) is 0 Å². The van der Waals surface area contributed by atoms with Gasteiger partial charge in [-0.15, -0.1) is 0 Å². The first-order valence-electron chi connectivity index (χ1n) is 13.2. The molecule has 0 radical (unpaired) electrons. The van der Waals surface area contributed by atoms with E-state index < -0.39 is 23.2 Å². The highest BCUT2D eigenvalue weighted by molar-refractivity contribution is 6.25. The number of hydrazone groups is 1. The molecule has 196 valence electrons. The summed E-state index contributed by atoms with van der Waals surface area (Å²) in [7, 11) is 1.56. The molecule has 3 amide bonds. The minimum atomic E-state index is -1.05. The van der Waals surface area contributed by atoms with Gasteiger partial charge in [-0.2, -0.15) is 5.10 Å². The van der Waals surface area contributed by atoms with Gasteiger partial charge < -0.3 is 4.74 Å². The standard InChI is InChI=1S/C33H25N3O4/c1-40-22-17-15-20(16-18-22)30(37)35-34-19-33-25-13-7-5-11-23(25)27(24-12-6-8-14-26(24)33)28-29(33)32(39)36(31(28)38)21-9-3-2-4-10-21/h2-19,27-29H,1H3,(H,35,37)/b34-19-/t27?,28-,29-,33?/m0/s1. The van der Waals surface area contributed by atoms with Crippen LogP contribution in [0.4, 0.5) is 5.69 Å². The summed E-state index contributed by atoms with van der Waals surface area (Å²) < 4.78 is 5.18. The fourth-order valence-corrected chi connectivity index (χ4v) is 6.88. The van der Waals surface area contributed by atoms with Crippen LogP contribution in [0.5, 0.6) is 5.75 Å². The fourth-order valence-electron chi connectivity index (χ4n) is 6.88. The van der Waals surface area contributed by atoms with E-state index in [4.69, 9.17) is 4.74 Å². The number of para-hydroxylation sites is 1. The first kappa shape index (κ1) is 24.0. The zero-order chi connectivity index (χ0) is 27.4. The quantitative estimate of drug-likeness (QED) is 0.232. The molecule has 1 N–H and O–H groups in total. The normalized spacial score (nSPS) is 24.0. The Morgan fingerprint density at radius 1 is 0.825 bits per heavy atom. The fraction of sp³-hybridized carbons (Fsp3) is 0.152. The summed E-state index contributed by atoms with van der Waals surface area (Å²) in [5.74, 6) is -1.79. The molecule has 2 bridgehead atoms. The lowest BCUT2D eigenvalue weighted by Gasteiger charge is -2.52. The molecule has 2 atom stereocenters. The Kier molecular flexibility index (Phi) is 5.42. The number of anilines is 1. The van der Waals surface area contributed by atoms with Crippen LogP contribution in [0.3, 0.4) is 0 Å². The number of amides is 3. The van der Waals surface area contributed by atoms with Gasteiger partial charge in [0.1, 0.15) is 5.75 Å². The number of imide groups is 1. The van der Waals surface area contributed by atoms with Crippen molar-refractivity contribution in [2.45, 2.75) is 11.3 Å². The van der Waals surface area contributed by atoms with E-state index in [1.807, 2.05) is 66.7 Å². The van der Waals surface area contributed by atoms with Gasteiger partial charge in [0.15, 0.2) is 0 Å². The van der Waals surface area contributed by atoms with Gasteiger partial charge in [0, 0.05) is 17.7 Å².